The summed E-state index contributed by atoms with van der Waals surface area (Å²) < 4.78 is 1.83. The Kier molecular flexibility index (Phi) is 4.31. The molecule has 6 heteroatoms. The van der Waals surface area contributed by atoms with Crippen LogP contribution < -0.4 is 4.90 Å². The number of benzene rings is 2. The quantitative estimate of drug-likeness (QED) is 0.790. The van der Waals surface area contributed by atoms with Gasteiger partial charge in [0.2, 0.25) is 0 Å². The number of hydrogen-bond acceptors (Lipinski definition) is 4. The molecule has 1 aromatic heterocycles. The fourth-order valence-electron chi connectivity index (χ4n) is 3.24. The number of para-hydroxylation sites is 1. The van der Waals surface area contributed by atoms with Gasteiger partial charge in [0.25, 0.3) is 5.91 Å². The Morgan fingerprint density at radius 1 is 0.885 bits per heavy atom. The molecule has 0 saturated carbocycles. The molecule has 1 N–H and O–H groups in total. The van der Waals surface area contributed by atoms with Crippen LogP contribution in [0.2, 0.25) is 0 Å². The highest BCUT2D eigenvalue weighted by molar-refractivity contribution is 5.93. The average molecular weight is 348 g/mol. The molecule has 26 heavy (non-hydrogen) atoms. The number of phenols is 1. The van der Waals surface area contributed by atoms with Gasteiger partial charge in [0.1, 0.15) is 11.4 Å². The number of hydrogen-bond donors (Lipinski definition) is 1. The van der Waals surface area contributed by atoms with Gasteiger partial charge in [0.15, 0.2) is 0 Å². The molecule has 0 radical (unpaired) electrons. The van der Waals surface area contributed by atoms with Crippen molar-refractivity contribution in [2.24, 2.45) is 0 Å². The zero-order valence-electron chi connectivity index (χ0n) is 14.3. The number of carbonyl (C=O) groups is 1. The summed E-state index contributed by atoms with van der Waals surface area (Å²) in [5.74, 6) is 0.258. The fraction of sp³-hybridized carbons (Fsp3) is 0.200. The van der Waals surface area contributed by atoms with Crippen LogP contribution in [-0.4, -0.2) is 51.6 Å². The van der Waals surface area contributed by atoms with Gasteiger partial charge >= 0.3 is 0 Å². The van der Waals surface area contributed by atoms with Crippen molar-refractivity contribution in [2.75, 3.05) is 31.1 Å². The van der Waals surface area contributed by atoms with Crippen molar-refractivity contribution < 1.29 is 9.90 Å². The minimum atomic E-state index is -0.00305. The lowest BCUT2D eigenvalue weighted by atomic mass is 10.2. The van der Waals surface area contributed by atoms with Gasteiger partial charge in [0.05, 0.1) is 12.5 Å². The first-order valence-corrected chi connectivity index (χ1v) is 8.63. The Morgan fingerprint density at radius 2 is 1.58 bits per heavy atom. The number of rotatable bonds is 3. The van der Waals surface area contributed by atoms with Gasteiger partial charge in [0, 0.05) is 37.6 Å². The molecule has 1 aliphatic rings. The lowest BCUT2D eigenvalue weighted by Gasteiger charge is -2.36. The predicted molar refractivity (Wildman–Crippen MR) is 99.8 cm³/mol. The molecule has 6 nitrogen and oxygen atoms in total. The van der Waals surface area contributed by atoms with E-state index in [1.807, 2.05) is 51.9 Å². The molecule has 1 aliphatic heterocycles. The number of nitrogens with zero attached hydrogens (tertiary/aromatic N) is 4. The molecular weight excluding hydrogens is 328 g/mol. The van der Waals surface area contributed by atoms with E-state index in [1.165, 1.54) is 0 Å². The van der Waals surface area contributed by atoms with Crippen LogP contribution in [0.3, 0.4) is 0 Å². The second-order valence-electron chi connectivity index (χ2n) is 6.28. The van der Waals surface area contributed by atoms with Gasteiger partial charge in [-0.15, -0.1) is 0 Å². The maximum Gasteiger partial charge on any atom is 0.272 e. The highest BCUT2D eigenvalue weighted by atomic mass is 16.3. The lowest BCUT2D eigenvalue weighted by Crippen LogP contribution is -2.49. The Labute approximate surface area is 151 Å². The van der Waals surface area contributed by atoms with Gasteiger partial charge < -0.3 is 14.9 Å². The van der Waals surface area contributed by atoms with Crippen molar-refractivity contribution in [1.82, 2.24) is 14.5 Å². The Hall–Kier alpha value is -3.28. The van der Waals surface area contributed by atoms with Crippen molar-refractivity contribution in [3.63, 3.8) is 0 Å². The largest absolute Gasteiger partial charge is 0.508 e. The van der Waals surface area contributed by atoms with E-state index < -0.39 is 0 Å². The van der Waals surface area contributed by atoms with E-state index >= 15 is 0 Å². The van der Waals surface area contributed by atoms with E-state index in [4.69, 9.17) is 0 Å². The fourth-order valence-corrected chi connectivity index (χ4v) is 3.24. The van der Waals surface area contributed by atoms with Crippen molar-refractivity contribution in [3.8, 4) is 11.4 Å². The molecular formula is C20H20N4O2. The summed E-state index contributed by atoms with van der Waals surface area (Å²) in [4.78, 5) is 21.2. The summed E-state index contributed by atoms with van der Waals surface area (Å²) in [6, 6.07) is 16.9. The first-order chi connectivity index (χ1) is 12.7. The van der Waals surface area contributed by atoms with Crippen molar-refractivity contribution >= 4 is 11.6 Å². The third-order valence-electron chi connectivity index (χ3n) is 4.67. The average Bonchev–Trinajstić information content (AvgIpc) is 3.19. The van der Waals surface area contributed by atoms with Crippen molar-refractivity contribution in [3.05, 3.63) is 72.8 Å². The number of aromatic hydroxyl groups is 1. The van der Waals surface area contributed by atoms with E-state index in [0.29, 0.717) is 18.8 Å². The van der Waals surface area contributed by atoms with Crippen LogP contribution in [0.5, 0.6) is 5.75 Å². The highest BCUT2D eigenvalue weighted by Gasteiger charge is 2.24. The molecule has 0 unspecified atom stereocenters. The molecule has 1 fully saturated rings. The van der Waals surface area contributed by atoms with Crippen LogP contribution in [-0.2, 0) is 0 Å². The molecule has 2 heterocycles. The Morgan fingerprint density at radius 3 is 2.27 bits per heavy atom. The second kappa shape index (κ2) is 6.92. The summed E-state index contributed by atoms with van der Waals surface area (Å²) in [5, 5.41) is 9.42. The number of carbonyl (C=O) groups excluding carboxylic acids is 1. The maximum absolute atomic E-state index is 13.0. The topological polar surface area (TPSA) is 61.6 Å². The summed E-state index contributed by atoms with van der Waals surface area (Å²) in [7, 11) is 0. The molecule has 0 bridgehead atoms. The van der Waals surface area contributed by atoms with E-state index in [9.17, 15) is 9.90 Å². The molecule has 4 rings (SSSR count). The number of aromatic nitrogens is 2. The SMILES string of the molecule is O=C(c1cncn1-c1ccccc1)N1CCN(c2ccc(O)cc2)CC1. The summed E-state index contributed by atoms with van der Waals surface area (Å²) >= 11 is 0. The van der Waals surface area contributed by atoms with Crippen LogP contribution >= 0.6 is 0 Å². The van der Waals surface area contributed by atoms with Gasteiger partial charge in [-0.1, -0.05) is 18.2 Å². The number of imidazole rings is 1. The maximum atomic E-state index is 13.0. The number of piperazine rings is 1. The standard InChI is InChI=1S/C20H20N4O2/c25-18-8-6-16(7-9-18)22-10-12-23(13-11-22)20(26)19-14-21-15-24(19)17-4-2-1-3-5-17/h1-9,14-15,25H,10-13H2. The third-order valence-corrected chi connectivity index (χ3v) is 4.67. The molecule has 0 spiro atoms. The molecule has 1 saturated heterocycles. The third kappa shape index (κ3) is 3.13. The smallest absolute Gasteiger partial charge is 0.272 e. The minimum Gasteiger partial charge on any atom is -0.508 e. The van der Waals surface area contributed by atoms with Crippen LogP contribution in [0.4, 0.5) is 5.69 Å². The summed E-state index contributed by atoms with van der Waals surface area (Å²) in [6.45, 7) is 2.82. The molecule has 132 valence electrons. The zero-order chi connectivity index (χ0) is 17.9. The minimum absolute atomic E-state index is 0.00305. The molecule has 0 atom stereocenters. The summed E-state index contributed by atoms with van der Waals surface area (Å²) in [6.07, 6.45) is 3.30. The van der Waals surface area contributed by atoms with E-state index in [1.54, 1.807) is 24.7 Å². The van der Waals surface area contributed by atoms with Gasteiger partial charge in [-0.3, -0.25) is 9.36 Å². The summed E-state index contributed by atoms with van der Waals surface area (Å²) in [5.41, 5.74) is 2.56. The molecule has 0 aliphatic carbocycles. The first kappa shape index (κ1) is 16.2. The lowest BCUT2D eigenvalue weighted by molar-refractivity contribution is 0.0738. The Balaban J connectivity index is 1.46. The van der Waals surface area contributed by atoms with Crippen LogP contribution in [0.25, 0.3) is 5.69 Å². The number of amides is 1. The first-order valence-electron chi connectivity index (χ1n) is 8.63. The number of anilines is 1. The molecule has 2 aromatic carbocycles. The van der Waals surface area contributed by atoms with E-state index in [0.717, 1.165) is 24.5 Å². The van der Waals surface area contributed by atoms with Crippen LogP contribution in [0, 0.1) is 0 Å². The van der Waals surface area contributed by atoms with Gasteiger partial charge in [-0.25, -0.2) is 4.98 Å². The highest BCUT2D eigenvalue weighted by Crippen LogP contribution is 2.21. The zero-order valence-corrected chi connectivity index (χ0v) is 14.3. The Bertz CT molecular complexity index is 882. The molecule has 1 amide bonds. The number of phenolic OH excluding ortho intramolecular Hbond substituents is 1. The van der Waals surface area contributed by atoms with Gasteiger partial charge in [-0.05, 0) is 36.4 Å². The second-order valence-corrected chi connectivity index (χ2v) is 6.28. The van der Waals surface area contributed by atoms with E-state index in [-0.39, 0.29) is 11.7 Å². The van der Waals surface area contributed by atoms with Crippen molar-refractivity contribution in [1.29, 1.82) is 0 Å². The normalized spacial score (nSPS) is 14.5. The van der Waals surface area contributed by atoms with E-state index in [2.05, 4.69) is 9.88 Å². The molecule has 3 aromatic rings. The van der Waals surface area contributed by atoms with Crippen molar-refractivity contribution in [2.45, 2.75) is 0 Å². The monoisotopic (exact) mass is 348 g/mol. The van der Waals surface area contributed by atoms with Crippen LogP contribution in [0.15, 0.2) is 67.1 Å². The van der Waals surface area contributed by atoms with Gasteiger partial charge in [-0.2, -0.15) is 0 Å². The predicted octanol–water partition coefficient (Wildman–Crippen LogP) is 2.54. The van der Waals surface area contributed by atoms with Crippen LogP contribution in [0.1, 0.15) is 10.5 Å².